The molecule has 4 heterocycles. The lowest BCUT2D eigenvalue weighted by Crippen LogP contribution is -2.28. The number of carbonyl (C=O) groups excluding carboxylic acids is 1. The molecule has 0 fully saturated rings. The number of thiophene rings is 2. The topological polar surface area (TPSA) is 89.4 Å². The molecule has 0 aliphatic carbocycles. The van der Waals surface area contributed by atoms with Gasteiger partial charge in [-0.1, -0.05) is 23.9 Å². The first-order chi connectivity index (χ1) is 12.6. The van der Waals surface area contributed by atoms with Crippen LogP contribution in [0.15, 0.2) is 45.3 Å². The number of amides is 1. The van der Waals surface area contributed by atoms with Gasteiger partial charge in [0.2, 0.25) is 5.16 Å². The predicted molar refractivity (Wildman–Crippen MR) is 105 cm³/mol. The zero-order valence-corrected chi connectivity index (χ0v) is 16.4. The summed E-state index contributed by atoms with van der Waals surface area (Å²) in [5.41, 5.74) is 0.953. The number of aryl methyl sites for hydroxylation is 1. The Morgan fingerprint density at radius 3 is 2.77 bits per heavy atom. The molecule has 1 aliphatic rings. The Morgan fingerprint density at radius 2 is 2.12 bits per heavy atom. The van der Waals surface area contributed by atoms with Gasteiger partial charge in [0.25, 0.3) is 5.91 Å². The summed E-state index contributed by atoms with van der Waals surface area (Å²) in [6.45, 7) is 1.77. The largest absolute Gasteiger partial charge is 0.336 e. The average molecular weight is 405 g/mol. The molecule has 1 atom stereocenters. The predicted octanol–water partition coefficient (Wildman–Crippen LogP) is 2.89. The number of rotatable bonds is 5. The Balaban J connectivity index is 1.54. The second-order valence-electron chi connectivity index (χ2n) is 5.69. The van der Waals surface area contributed by atoms with Gasteiger partial charge in [0.1, 0.15) is 5.82 Å². The Labute approximate surface area is 162 Å². The summed E-state index contributed by atoms with van der Waals surface area (Å²) in [6.07, 6.45) is 0.726. The van der Waals surface area contributed by atoms with Gasteiger partial charge in [0, 0.05) is 11.3 Å². The van der Waals surface area contributed by atoms with E-state index >= 15 is 0 Å². The molecule has 1 aliphatic heterocycles. The molecule has 1 amide bonds. The lowest BCUT2D eigenvalue weighted by molar-refractivity contribution is -0.130. The van der Waals surface area contributed by atoms with Gasteiger partial charge in [-0.3, -0.25) is 4.79 Å². The van der Waals surface area contributed by atoms with Crippen molar-refractivity contribution in [3.63, 3.8) is 0 Å². The third kappa shape index (κ3) is 3.27. The highest BCUT2D eigenvalue weighted by Gasteiger charge is 2.34. The molecule has 0 aromatic carbocycles. The van der Waals surface area contributed by atoms with Crippen LogP contribution in [0.3, 0.4) is 0 Å². The van der Waals surface area contributed by atoms with Crippen LogP contribution in [0, 0.1) is 6.92 Å². The quantitative estimate of drug-likeness (QED) is 0.522. The highest BCUT2D eigenvalue weighted by molar-refractivity contribution is 7.99. The summed E-state index contributed by atoms with van der Waals surface area (Å²) in [5.74, 6) is 6.60. The fourth-order valence-electron chi connectivity index (χ4n) is 2.68. The van der Waals surface area contributed by atoms with Crippen molar-refractivity contribution < 1.29 is 4.79 Å². The summed E-state index contributed by atoms with van der Waals surface area (Å²) in [5, 5.41) is 18.7. The first-order valence-electron chi connectivity index (χ1n) is 7.90. The van der Waals surface area contributed by atoms with Crippen molar-refractivity contribution in [3.8, 4) is 0 Å². The minimum atomic E-state index is -0.0689. The molecule has 134 valence electrons. The summed E-state index contributed by atoms with van der Waals surface area (Å²) in [4.78, 5) is 15.1. The monoisotopic (exact) mass is 404 g/mol. The highest BCUT2D eigenvalue weighted by atomic mass is 32.2. The number of thioether (sulfide) groups is 1. The standard InChI is InChI=1S/C16H16N6OS3/c1-10-18-19-16(21(10)17)26-9-15(23)22-12(14-5-3-7-25-14)8-11(20-22)13-4-2-6-24-13/h2-7,12H,8-9,17H2,1H3/t12-/m0/s1. The van der Waals surface area contributed by atoms with E-state index in [0.29, 0.717) is 11.0 Å². The third-order valence-electron chi connectivity index (χ3n) is 4.00. The number of hydrogen-bond acceptors (Lipinski definition) is 8. The normalized spacial score (nSPS) is 16.9. The third-order valence-corrected chi connectivity index (χ3v) is 6.82. The molecule has 0 saturated carbocycles. The smallest absolute Gasteiger partial charge is 0.253 e. The zero-order valence-electron chi connectivity index (χ0n) is 13.9. The molecular formula is C16H16N6OS3. The number of aromatic nitrogens is 3. The van der Waals surface area contributed by atoms with Crippen LogP contribution in [0.5, 0.6) is 0 Å². The number of nitrogen functional groups attached to an aromatic ring is 1. The molecule has 3 aromatic rings. The number of hydrogen-bond donors (Lipinski definition) is 1. The minimum absolute atomic E-state index is 0.0577. The van der Waals surface area contributed by atoms with Crippen LogP contribution in [0.4, 0.5) is 0 Å². The Hall–Kier alpha value is -2.17. The van der Waals surface area contributed by atoms with Crippen LogP contribution in [0.2, 0.25) is 0 Å². The summed E-state index contributed by atoms with van der Waals surface area (Å²) in [6, 6.07) is 8.03. The molecule has 0 radical (unpaired) electrons. The number of carbonyl (C=O) groups is 1. The maximum Gasteiger partial charge on any atom is 0.253 e. The first kappa shape index (κ1) is 17.3. The van der Waals surface area contributed by atoms with Crippen LogP contribution in [0.25, 0.3) is 0 Å². The van der Waals surface area contributed by atoms with Gasteiger partial charge < -0.3 is 5.84 Å². The highest BCUT2D eigenvalue weighted by Crippen LogP contribution is 2.36. The lowest BCUT2D eigenvalue weighted by atomic mass is 10.1. The van der Waals surface area contributed by atoms with Crippen LogP contribution in [0.1, 0.15) is 28.0 Å². The molecule has 0 unspecified atom stereocenters. The molecule has 0 bridgehead atoms. The summed E-state index contributed by atoms with van der Waals surface area (Å²) < 4.78 is 1.39. The van der Waals surface area contributed by atoms with E-state index in [9.17, 15) is 4.79 Å². The van der Waals surface area contributed by atoms with Crippen molar-refractivity contribution in [1.29, 1.82) is 0 Å². The van der Waals surface area contributed by atoms with Crippen molar-refractivity contribution in [1.82, 2.24) is 19.9 Å². The van der Waals surface area contributed by atoms with Gasteiger partial charge in [0.05, 0.1) is 22.4 Å². The fourth-order valence-corrected chi connectivity index (χ4v) is 4.96. The molecule has 10 heteroatoms. The van der Waals surface area contributed by atoms with Crippen molar-refractivity contribution in [3.05, 3.63) is 50.6 Å². The average Bonchev–Trinajstić information content (AvgIpc) is 3.42. The molecule has 0 saturated heterocycles. The number of nitrogens with two attached hydrogens (primary N) is 1. The van der Waals surface area contributed by atoms with E-state index in [0.717, 1.165) is 21.9 Å². The summed E-state index contributed by atoms with van der Waals surface area (Å²) in [7, 11) is 0. The Kier molecular flexibility index (Phi) is 4.79. The van der Waals surface area contributed by atoms with E-state index in [1.54, 1.807) is 34.6 Å². The lowest BCUT2D eigenvalue weighted by Gasteiger charge is -2.20. The number of nitrogens with zero attached hydrogens (tertiary/aromatic N) is 5. The maximum absolute atomic E-state index is 12.9. The van der Waals surface area contributed by atoms with Gasteiger partial charge in [-0.05, 0) is 29.8 Å². The molecule has 7 nitrogen and oxygen atoms in total. The SMILES string of the molecule is Cc1nnc(SCC(=O)N2N=C(c3cccs3)C[C@H]2c2cccs2)n1N. The van der Waals surface area contributed by atoms with Crippen molar-refractivity contribution in [2.45, 2.75) is 24.5 Å². The van der Waals surface area contributed by atoms with E-state index in [-0.39, 0.29) is 17.7 Å². The van der Waals surface area contributed by atoms with Gasteiger partial charge in [-0.25, -0.2) is 9.69 Å². The van der Waals surface area contributed by atoms with E-state index in [1.165, 1.54) is 16.4 Å². The van der Waals surface area contributed by atoms with Crippen LogP contribution < -0.4 is 5.84 Å². The van der Waals surface area contributed by atoms with E-state index in [1.807, 2.05) is 29.0 Å². The van der Waals surface area contributed by atoms with Gasteiger partial charge in [-0.2, -0.15) is 5.10 Å². The Bertz CT molecular complexity index is 932. The van der Waals surface area contributed by atoms with Crippen LogP contribution in [-0.4, -0.2) is 37.3 Å². The van der Waals surface area contributed by atoms with E-state index in [2.05, 4.69) is 21.4 Å². The minimum Gasteiger partial charge on any atom is -0.336 e. The van der Waals surface area contributed by atoms with Crippen molar-refractivity contribution in [2.75, 3.05) is 11.6 Å². The molecule has 4 rings (SSSR count). The molecule has 0 spiro atoms. The van der Waals surface area contributed by atoms with Crippen LogP contribution >= 0.6 is 34.4 Å². The van der Waals surface area contributed by atoms with Crippen LogP contribution in [-0.2, 0) is 4.79 Å². The second kappa shape index (κ2) is 7.22. The molecule has 3 aromatic heterocycles. The van der Waals surface area contributed by atoms with Gasteiger partial charge >= 0.3 is 0 Å². The van der Waals surface area contributed by atoms with E-state index in [4.69, 9.17) is 5.84 Å². The first-order valence-corrected chi connectivity index (χ1v) is 10.6. The molecular weight excluding hydrogens is 388 g/mol. The number of hydrazone groups is 1. The molecule has 2 N–H and O–H groups in total. The Morgan fingerprint density at radius 1 is 1.31 bits per heavy atom. The van der Waals surface area contributed by atoms with Crippen molar-refractivity contribution in [2.24, 2.45) is 5.10 Å². The van der Waals surface area contributed by atoms with E-state index < -0.39 is 0 Å². The van der Waals surface area contributed by atoms with Crippen molar-refractivity contribution >= 4 is 46.1 Å². The summed E-state index contributed by atoms with van der Waals surface area (Å²) >= 11 is 4.55. The van der Waals surface area contributed by atoms with Gasteiger partial charge in [-0.15, -0.1) is 32.9 Å². The fraction of sp³-hybridized carbons (Fsp3) is 0.250. The molecule has 26 heavy (non-hydrogen) atoms. The maximum atomic E-state index is 12.9. The zero-order chi connectivity index (χ0) is 18.1. The second-order valence-corrected chi connectivity index (χ2v) is 8.56. The van der Waals surface area contributed by atoms with Gasteiger partial charge in [0.15, 0.2) is 0 Å².